The van der Waals surface area contributed by atoms with Crippen molar-refractivity contribution in [2.24, 2.45) is 0 Å². The molecule has 0 radical (unpaired) electrons. The summed E-state index contributed by atoms with van der Waals surface area (Å²) in [6.45, 7) is 1.09. The van der Waals surface area contributed by atoms with E-state index in [2.05, 4.69) is 63.7 Å². The van der Waals surface area contributed by atoms with Gasteiger partial charge in [0.25, 0.3) is 0 Å². The molecule has 1 atom stereocenters. The Bertz CT molecular complexity index is 519. The van der Waals surface area contributed by atoms with Crippen LogP contribution in [0.5, 0.6) is 0 Å². The van der Waals surface area contributed by atoms with Crippen LogP contribution in [0.25, 0.3) is 0 Å². The zero-order valence-electron chi connectivity index (χ0n) is 10.8. The summed E-state index contributed by atoms with van der Waals surface area (Å²) in [6.07, 6.45) is 3.83. The standard InChI is InChI=1S/C16H18BrNS/c17-16-9-8-15(19-16)10-13(11-18-14-6-7-14)12-4-2-1-3-5-12/h1-5,8-9,13-14,18H,6-7,10-11H2. The molecule has 3 heteroatoms. The molecule has 1 aliphatic rings. The number of halogens is 1. The molecule has 1 unspecified atom stereocenters. The highest BCUT2D eigenvalue weighted by Gasteiger charge is 2.22. The fraction of sp³-hybridized carbons (Fsp3) is 0.375. The monoisotopic (exact) mass is 335 g/mol. The highest BCUT2D eigenvalue weighted by molar-refractivity contribution is 9.11. The van der Waals surface area contributed by atoms with Crippen molar-refractivity contribution in [1.29, 1.82) is 0 Å². The molecule has 2 aromatic rings. The van der Waals surface area contributed by atoms with Crippen molar-refractivity contribution in [2.45, 2.75) is 31.2 Å². The van der Waals surface area contributed by atoms with E-state index in [1.807, 2.05) is 11.3 Å². The molecule has 0 amide bonds. The highest BCUT2D eigenvalue weighted by Crippen LogP contribution is 2.28. The number of rotatable bonds is 6. The fourth-order valence-corrected chi connectivity index (χ4v) is 3.90. The minimum Gasteiger partial charge on any atom is -0.313 e. The van der Waals surface area contributed by atoms with Gasteiger partial charge in [-0.2, -0.15) is 0 Å². The van der Waals surface area contributed by atoms with Crippen molar-refractivity contribution in [3.63, 3.8) is 0 Å². The lowest BCUT2D eigenvalue weighted by Crippen LogP contribution is -2.24. The average molecular weight is 336 g/mol. The van der Waals surface area contributed by atoms with Crippen LogP contribution in [0.4, 0.5) is 0 Å². The van der Waals surface area contributed by atoms with Crippen molar-refractivity contribution < 1.29 is 0 Å². The van der Waals surface area contributed by atoms with Crippen LogP contribution >= 0.6 is 27.3 Å². The second kappa shape index (κ2) is 6.21. The molecule has 100 valence electrons. The van der Waals surface area contributed by atoms with E-state index >= 15 is 0 Å². The second-order valence-corrected chi connectivity index (χ2v) is 7.75. The number of nitrogens with one attached hydrogen (secondary N) is 1. The van der Waals surface area contributed by atoms with Crippen LogP contribution in [0.2, 0.25) is 0 Å². The van der Waals surface area contributed by atoms with Gasteiger partial charge in [-0.1, -0.05) is 30.3 Å². The Morgan fingerprint density at radius 3 is 2.58 bits per heavy atom. The largest absolute Gasteiger partial charge is 0.313 e. The Morgan fingerprint density at radius 2 is 1.95 bits per heavy atom. The van der Waals surface area contributed by atoms with Crippen molar-refractivity contribution in [1.82, 2.24) is 5.32 Å². The van der Waals surface area contributed by atoms with E-state index in [1.165, 1.54) is 27.1 Å². The summed E-state index contributed by atoms with van der Waals surface area (Å²) in [5.74, 6) is 0.576. The van der Waals surface area contributed by atoms with Gasteiger partial charge in [0.2, 0.25) is 0 Å². The number of hydrogen-bond acceptors (Lipinski definition) is 2. The quantitative estimate of drug-likeness (QED) is 0.814. The van der Waals surface area contributed by atoms with Gasteiger partial charge in [-0.15, -0.1) is 11.3 Å². The van der Waals surface area contributed by atoms with Crippen molar-refractivity contribution in [2.75, 3.05) is 6.54 Å². The average Bonchev–Trinajstić information content (AvgIpc) is 3.18. The van der Waals surface area contributed by atoms with Crippen molar-refractivity contribution in [3.05, 3.63) is 56.7 Å². The first-order valence-corrected chi connectivity index (χ1v) is 8.45. The normalized spacial score (nSPS) is 16.5. The maximum Gasteiger partial charge on any atom is 0.0701 e. The molecular weight excluding hydrogens is 318 g/mol. The van der Waals surface area contributed by atoms with Gasteiger partial charge < -0.3 is 5.32 Å². The zero-order chi connectivity index (χ0) is 13.1. The van der Waals surface area contributed by atoms with Gasteiger partial charge in [-0.3, -0.25) is 0 Å². The molecule has 19 heavy (non-hydrogen) atoms. The number of thiophene rings is 1. The van der Waals surface area contributed by atoms with E-state index in [0.29, 0.717) is 5.92 Å². The minimum absolute atomic E-state index is 0.576. The van der Waals surface area contributed by atoms with E-state index in [4.69, 9.17) is 0 Å². The summed E-state index contributed by atoms with van der Waals surface area (Å²) in [5.41, 5.74) is 1.44. The van der Waals surface area contributed by atoms with E-state index in [0.717, 1.165) is 19.0 Å². The van der Waals surface area contributed by atoms with Crippen LogP contribution < -0.4 is 5.32 Å². The van der Waals surface area contributed by atoms with Crippen LogP contribution in [-0.4, -0.2) is 12.6 Å². The number of benzene rings is 1. The van der Waals surface area contributed by atoms with Crippen molar-refractivity contribution >= 4 is 27.3 Å². The molecule has 1 aromatic carbocycles. The Hall–Kier alpha value is -0.640. The third kappa shape index (κ3) is 3.91. The first-order chi connectivity index (χ1) is 9.31. The molecule has 1 aromatic heterocycles. The minimum atomic E-state index is 0.576. The lowest BCUT2D eigenvalue weighted by Gasteiger charge is -2.17. The topological polar surface area (TPSA) is 12.0 Å². The maximum atomic E-state index is 3.68. The summed E-state index contributed by atoms with van der Waals surface area (Å²) < 4.78 is 1.23. The predicted molar refractivity (Wildman–Crippen MR) is 85.9 cm³/mol. The Kier molecular flexibility index (Phi) is 4.36. The molecule has 1 aliphatic carbocycles. The Morgan fingerprint density at radius 1 is 1.16 bits per heavy atom. The van der Waals surface area contributed by atoms with E-state index in [9.17, 15) is 0 Å². The molecule has 1 nitrogen and oxygen atoms in total. The summed E-state index contributed by atoms with van der Waals surface area (Å²) >= 11 is 5.40. The molecule has 1 heterocycles. The van der Waals surface area contributed by atoms with Gasteiger partial charge in [-0.05, 0) is 52.9 Å². The third-order valence-corrected chi connectivity index (χ3v) is 5.22. The van der Waals surface area contributed by atoms with Crippen LogP contribution in [0, 0.1) is 0 Å². The maximum absolute atomic E-state index is 3.68. The molecule has 0 aliphatic heterocycles. The van der Waals surface area contributed by atoms with E-state index < -0.39 is 0 Å². The van der Waals surface area contributed by atoms with E-state index in [1.54, 1.807) is 0 Å². The first-order valence-electron chi connectivity index (χ1n) is 6.84. The molecular formula is C16H18BrNS. The van der Waals surface area contributed by atoms with Crippen LogP contribution in [0.1, 0.15) is 29.2 Å². The second-order valence-electron chi connectivity index (χ2n) is 5.20. The Labute approximate surface area is 127 Å². The van der Waals surface area contributed by atoms with Gasteiger partial charge in [0.1, 0.15) is 0 Å². The van der Waals surface area contributed by atoms with Crippen molar-refractivity contribution in [3.8, 4) is 0 Å². The number of hydrogen-bond donors (Lipinski definition) is 1. The van der Waals surface area contributed by atoms with Crippen LogP contribution in [0.15, 0.2) is 46.3 Å². The van der Waals surface area contributed by atoms with Gasteiger partial charge >= 0.3 is 0 Å². The van der Waals surface area contributed by atoms with Crippen LogP contribution in [-0.2, 0) is 6.42 Å². The molecule has 1 N–H and O–H groups in total. The SMILES string of the molecule is Brc1ccc(CC(CNC2CC2)c2ccccc2)s1. The lowest BCUT2D eigenvalue weighted by molar-refractivity contribution is 0.580. The summed E-state index contributed by atoms with van der Waals surface area (Å²) in [6, 6.07) is 16.0. The lowest BCUT2D eigenvalue weighted by atomic mass is 9.95. The first kappa shape index (κ1) is 13.3. The van der Waals surface area contributed by atoms with Gasteiger partial charge in [0, 0.05) is 23.4 Å². The molecule has 3 rings (SSSR count). The van der Waals surface area contributed by atoms with Gasteiger partial charge in [0.15, 0.2) is 0 Å². The van der Waals surface area contributed by atoms with Gasteiger partial charge in [-0.25, -0.2) is 0 Å². The highest BCUT2D eigenvalue weighted by atomic mass is 79.9. The van der Waals surface area contributed by atoms with Gasteiger partial charge in [0.05, 0.1) is 3.79 Å². The predicted octanol–water partition coefficient (Wildman–Crippen LogP) is 4.59. The van der Waals surface area contributed by atoms with E-state index in [-0.39, 0.29) is 0 Å². The Balaban J connectivity index is 1.71. The summed E-state index contributed by atoms with van der Waals surface area (Å²) in [4.78, 5) is 1.46. The zero-order valence-corrected chi connectivity index (χ0v) is 13.2. The molecule has 0 saturated heterocycles. The smallest absolute Gasteiger partial charge is 0.0701 e. The van der Waals surface area contributed by atoms with Crippen LogP contribution in [0.3, 0.4) is 0 Å². The fourth-order valence-electron chi connectivity index (χ4n) is 2.33. The molecule has 1 saturated carbocycles. The summed E-state index contributed by atoms with van der Waals surface area (Å²) in [5, 5.41) is 3.68. The molecule has 0 bridgehead atoms. The molecule has 1 fully saturated rings. The summed E-state index contributed by atoms with van der Waals surface area (Å²) in [7, 11) is 0. The molecule has 0 spiro atoms. The third-order valence-electron chi connectivity index (χ3n) is 3.58.